The third-order valence-corrected chi connectivity index (χ3v) is 5.55. The second kappa shape index (κ2) is 7.37. The van der Waals surface area contributed by atoms with Crippen molar-refractivity contribution in [3.05, 3.63) is 89.2 Å². The van der Waals surface area contributed by atoms with Gasteiger partial charge in [0, 0.05) is 23.1 Å². The first-order valence-corrected chi connectivity index (χ1v) is 9.77. The highest BCUT2D eigenvalue weighted by Crippen LogP contribution is 2.47. The number of fused-ring (bicyclic) bond motifs is 3. The van der Waals surface area contributed by atoms with Gasteiger partial charge in [-0.1, -0.05) is 30.3 Å². The number of rotatable bonds is 4. The van der Waals surface area contributed by atoms with E-state index in [1.54, 1.807) is 20.3 Å². The van der Waals surface area contributed by atoms with Gasteiger partial charge in [-0.25, -0.2) is 9.40 Å². The number of hydrogen-bond donors (Lipinski definition) is 0. The molecule has 0 fully saturated rings. The summed E-state index contributed by atoms with van der Waals surface area (Å²) >= 11 is 0. The molecule has 152 valence electrons. The molecule has 3 aromatic carbocycles. The molecule has 0 N–H and O–H groups in total. The number of hydrazone groups is 1. The number of nitrogens with zero attached hydrogens (tertiary/aromatic N) is 2. The maximum absolute atomic E-state index is 13.9. The molecule has 2 aliphatic heterocycles. The summed E-state index contributed by atoms with van der Waals surface area (Å²) in [6, 6.07) is 20.2. The lowest BCUT2D eigenvalue weighted by molar-refractivity contribution is -0.0192. The molecule has 0 aliphatic carbocycles. The zero-order valence-corrected chi connectivity index (χ0v) is 16.7. The van der Waals surface area contributed by atoms with Crippen LogP contribution >= 0.6 is 0 Å². The van der Waals surface area contributed by atoms with Crippen molar-refractivity contribution in [3.8, 4) is 17.2 Å². The van der Waals surface area contributed by atoms with E-state index < -0.39 is 6.23 Å². The van der Waals surface area contributed by atoms with Crippen LogP contribution in [0.15, 0.2) is 71.8 Å². The number of para-hydroxylation sites is 1. The van der Waals surface area contributed by atoms with Gasteiger partial charge in [-0.2, -0.15) is 5.10 Å². The maximum atomic E-state index is 13.9. The molecule has 2 atom stereocenters. The van der Waals surface area contributed by atoms with Gasteiger partial charge in [-0.3, -0.25) is 0 Å². The molecular weight excluding hydrogens is 383 g/mol. The van der Waals surface area contributed by atoms with E-state index in [9.17, 15) is 4.39 Å². The van der Waals surface area contributed by atoms with Crippen molar-refractivity contribution >= 4 is 5.71 Å². The third kappa shape index (κ3) is 3.05. The highest BCUT2D eigenvalue weighted by atomic mass is 19.1. The molecule has 0 saturated heterocycles. The summed E-state index contributed by atoms with van der Waals surface area (Å²) in [7, 11) is 3.23. The molecule has 2 unspecified atom stereocenters. The minimum atomic E-state index is -0.502. The highest BCUT2D eigenvalue weighted by molar-refractivity contribution is 6.02. The molecule has 3 aromatic rings. The van der Waals surface area contributed by atoms with Crippen LogP contribution < -0.4 is 14.2 Å². The monoisotopic (exact) mass is 404 g/mol. The molecule has 0 radical (unpaired) electrons. The average Bonchev–Trinajstić information content (AvgIpc) is 3.24. The summed E-state index contributed by atoms with van der Waals surface area (Å²) in [5.41, 5.74) is 3.68. The van der Waals surface area contributed by atoms with Crippen molar-refractivity contribution in [2.24, 2.45) is 5.10 Å². The smallest absolute Gasteiger partial charge is 0.213 e. The van der Waals surface area contributed by atoms with E-state index in [1.165, 1.54) is 12.1 Å². The summed E-state index contributed by atoms with van der Waals surface area (Å²) in [5.74, 6) is 1.83. The Balaban J connectivity index is 1.58. The quantitative estimate of drug-likeness (QED) is 0.608. The summed E-state index contributed by atoms with van der Waals surface area (Å²) in [5, 5.41) is 6.84. The van der Waals surface area contributed by atoms with Crippen molar-refractivity contribution in [2.75, 3.05) is 14.2 Å². The lowest BCUT2D eigenvalue weighted by atomic mass is 9.96. The van der Waals surface area contributed by atoms with Crippen LogP contribution in [0.2, 0.25) is 0 Å². The average molecular weight is 404 g/mol. The molecular formula is C24H21FN2O3. The molecule has 2 aliphatic rings. The van der Waals surface area contributed by atoms with Gasteiger partial charge < -0.3 is 14.2 Å². The van der Waals surface area contributed by atoms with E-state index in [0.29, 0.717) is 17.9 Å². The van der Waals surface area contributed by atoms with Gasteiger partial charge in [0.2, 0.25) is 6.23 Å². The van der Waals surface area contributed by atoms with E-state index >= 15 is 0 Å². The minimum absolute atomic E-state index is 0.00585. The molecule has 5 nitrogen and oxygen atoms in total. The Morgan fingerprint density at radius 1 is 0.967 bits per heavy atom. The molecule has 0 spiro atoms. The Hall–Kier alpha value is -3.54. The Morgan fingerprint density at radius 2 is 1.80 bits per heavy atom. The van der Waals surface area contributed by atoms with E-state index in [-0.39, 0.29) is 11.9 Å². The first-order chi connectivity index (χ1) is 14.7. The van der Waals surface area contributed by atoms with Crippen LogP contribution in [0.3, 0.4) is 0 Å². The predicted octanol–water partition coefficient (Wildman–Crippen LogP) is 5.09. The normalized spacial score (nSPS) is 19.4. The maximum Gasteiger partial charge on any atom is 0.213 e. The van der Waals surface area contributed by atoms with Crippen LogP contribution in [-0.4, -0.2) is 24.9 Å². The second-order valence-corrected chi connectivity index (χ2v) is 7.28. The summed E-state index contributed by atoms with van der Waals surface area (Å²) in [6.07, 6.45) is 0.208. The predicted molar refractivity (Wildman–Crippen MR) is 111 cm³/mol. The van der Waals surface area contributed by atoms with Crippen LogP contribution in [0.25, 0.3) is 0 Å². The van der Waals surface area contributed by atoms with Crippen molar-refractivity contribution < 1.29 is 18.6 Å². The minimum Gasteiger partial charge on any atom is -0.493 e. The number of methoxy groups -OCH3 is 2. The lowest BCUT2D eigenvalue weighted by Crippen LogP contribution is -2.33. The number of benzene rings is 3. The van der Waals surface area contributed by atoms with E-state index in [1.807, 2.05) is 47.5 Å². The summed E-state index contributed by atoms with van der Waals surface area (Å²) in [4.78, 5) is 0. The molecule has 0 saturated carbocycles. The molecule has 6 heteroatoms. The van der Waals surface area contributed by atoms with Crippen molar-refractivity contribution in [1.82, 2.24) is 5.01 Å². The Kier molecular flexibility index (Phi) is 4.54. The number of halogens is 1. The Labute approximate surface area is 174 Å². The van der Waals surface area contributed by atoms with Gasteiger partial charge in [0.05, 0.1) is 26.0 Å². The molecule has 30 heavy (non-hydrogen) atoms. The van der Waals surface area contributed by atoms with Crippen LogP contribution in [0.4, 0.5) is 4.39 Å². The fourth-order valence-corrected chi connectivity index (χ4v) is 4.10. The van der Waals surface area contributed by atoms with Crippen molar-refractivity contribution in [2.45, 2.75) is 18.7 Å². The Bertz CT molecular complexity index is 1130. The van der Waals surface area contributed by atoms with Gasteiger partial charge in [-0.05, 0) is 36.4 Å². The molecule has 0 amide bonds. The highest BCUT2D eigenvalue weighted by Gasteiger charge is 2.41. The summed E-state index contributed by atoms with van der Waals surface area (Å²) < 4.78 is 31.0. The molecule has 2 heterocycles. The van der Waals surface area contributed by atoms with Crippen LogP contribution in [0.1, 0.15) is 35.4 Å². The molecule has 0 bridgehead atoms. The van der Waals surface area contributed by atoms with Crippen LogP contribution in [0, 0.1) is 5.82 Å². The topological polar surface area (TPSA) is 43.3 Å². The van der Waals surface area contributed by atoms with Gasteiger partial charge in [-0.15, -0.1) is 0 Å². The number of ether oxygens (including phenoxy) is 3. The molecule has 0 aromatic heterocycles. The SMILES string of the molecule is COc1ccc(C2=NN3C(C2)c2ccccc2OC3c2cccc(F)c2)cc1OC. The van der Waals surface area contributed by atoms with Gasteiger partial charge >= 0.3 is 0 Å². The molecule has 5 rings (SSSR count). The van der Waals surface area contributed by atoms with Crippen molar-refractivity contribution in [3.63, 3.8) is 0 Å². The first-order valence-electron chi connectivity index (χ1n) is 9.77. The van der Waals surface area contributed by atoms with Gasteiger partial charge in [0.25, 0.3) is 0 Å². The van der Waals surface area contributed by atoms with Gasteiger partial charge in [0.1, 0.15) is 11.6 Å². The number of hydrogen-bond acceptors (Lipinski definition) is 5. The van der Waals surface area contributed by atoms with E-state index in [2.05, 4.69) is 6.07 Å². The van der Waals surface area contributed by atoms with Crippen LogP contribution in [0.5, 0.6) is 17.2 Å². The lowest BCUT2D eigenvalue weighted by Gasteiger charge is -2.38. The fourth-order valence-electron chi connectivity index (χ4n) is 4.10. The zero-order chi connectivity index (χ0) is 20.7. The van der Waals surface area contributed by atoms with Crippen molar-refractivity contribution in [1.29, 1.82) is 0 Å². The third-order valence-electron chi connectivity index (χ3n) is 5.55. The first kappa shape index (κ1) is 18.5. The zero-order valence-electron chi connectivity index (χ0n) is 16.7. The standard InChI is InChI=1S/C24H21FN2O3/c1-28-22-11-10-15(13-23(22)29-2)19-14-20-18-8-3-4-9-21(18)30-24(27(20)26-19)16-6-5-7-17(25)12-16/h3-13,20,24H,14H2,1-2H3. The van der Waals surface area contributed by atoms with E-state index in [4.69, 9.17) is 19.3 Å². The van der Waals surface area contributed by atoms with Gasteiger partial charge in [0.15, 0.2) is 11.5 Å². The van der Waals surface area contributed by atoms with Crippen LogP contribution in [-0.2, 0) is 0 Å². The second-order valence-electron chi connectivity index (χ2n) is 7.28. The largest absolute Gasteiger partial charge is 0.493 e. The Morgan fingerprint density at radius 3 is 2.60 bits per heavy atom. The fraction of sp³-hybridized carbons (Fsp3) is 0.208. The van der Waals surface area contributed by atoms with E-state index in [0.717, 1.165) is 28.2 Å². The summed E-state index contributed by atoms with van der Waals surface area (Å²) in [6.45, 7) is 0.